The van der Waals surface area contributed by atoms with E-state index in [4.69, 9.17) is 0 Å². The average molecular weight is 518 g/mol. The minimum atomic E-state index is -4.73. The summed E-state index contributed by atoms with van der Waals surface area (Å²) < 4.78 is 79.2. The molecular weight excluding hydrogens is 490 g/mol. The zero-order valence-corrected chi connectivity index (χ0v) is 20.3. The van der Waals surface area contributed by atoms with Crippen LogP contribution >= 0.6 is 0 Å². The molecule has 1 N–H and O–H groups in total. The molecule has 0 saturated heterocycles. The molecule has 0 saturated carbocycles. The van der Waals surface area contributed by atoms with Crippen molar-refractivity contribution in [1.82, 2.24) is 10.2 Å². The molecule has 0 aliphatic carbocycles. The highest BCUT2D eigenvalue weighted by Gasteiger charge is 2.33. The number of benzene rings is 2. The summed E-state index contributed by atoms with van der Waals surface area (Å²) >= 11 is 0. The molecule has 0 bridgehead atoms. The van der Waals surface area contributed by atoms with Crippen molar-refractivity contribution >= 4 is 27.5 Å². The number of hydrogen-bond donors (Lipinski definition) is 1. The molecule has 2 aromatic rings. The van der Waals surface area contributed by atoms with Gasteiger partial charge in [-0.15, -0.1) is 0 Å². The molecule has 192 valence electrons. The lowest BCUT2D eigenvalue weighted by atomic mass is 10.1. The van der Waals surface area contributed by atoms with E-state index in [2.05, 4.69) is 5.32 Å². The van der Waals surface area contributed by atoms with Crippen LogP contribution in [-0.4, -0.2) is 50.5 Å². The third-order valence-corrected chi connectivity index (χ3v) is 6.30. The molecule has 0 aromatic heterocycles. The van der Waals surface area contributed by atoms with Crippen LogP contribution < -0.4 is 9.62 Å². The zero-order chi connectivity index (χ0) is 26.4. The zero-order valence-electron chi connectivity index (χ0n) is 19.5. The van der Waals surface area contributed by atoms with E-state index >= 15 is 0 Å². The van der Waals surface area contributed by atoms with Gasteiger partial charge in [0, 0.05) is 18.7 Å². The maximum atomic E-state index is 14.3. The predicted octanol–water partition coefficient (Wildman–Crippen LogP) is 3.55. The predicted molar refractivity (Wildman–Crippen MR) is 123 cm³/mol. The fraction of sp³-hybridized carbons (Fsp3) is 0.391. The second-order valence-electron chi connectivity index (χ2n) is 7.90. The Hall–Kier alpha value is -3.15. The lowest BCUT2D eigenvalue weighted by Crippen LogP contribution is -2.51. The Balaban J connectivity index is 2.44. The Bertz CT molecular complexity index is 1160. The topological polar surface area (TPSA) is 86.8 Å². The van der Waals surface area contributed by atoms with E-state index in [9.17, 15) is 35.6 Å². The van der Waals surface area contributed by atoms with Gasteiger partial charge in [-0.1, -0.05) is 31.2 Å². The van der Waals surface area contributed by atoms with E-state index in [-0.39, 0.29) is 17.8 Å². The molecule has 1 atom stereocenters. The molecule has 2 rings (SSSR count). The number of halogens is 4. The van der Waals surface area contributed by atoms with Gasteiger partial charge < -0.3 is 10.2 Å². The molecule has 0 radical (unpaired) electrons. The van der Waals surface area contributed by atoms with Crippen LogP contribution in [0.3, 0.4) is 0 Å². The van der Waals surface area contributed by atoms with Crippen LogP contribution in [0.25, 0.3) is 0 Å². The van der Waals surface area contributed by atoms with Gasteiger partial charge in [-0.2, -0.15) is 13.2 Å². The Kier molecular flexibility index (Phi) is 9.24. The smallest absolute Gasteiger partial charge is 0.354 e. The molecule has 0 spiro atoms. The fourth-order valence-electron chi connectivity index (χ4n) is 3.24. The number of nitrogens with zero attached hydrogens (tertiary/aromatic N) is 2. The summed E-state index contributed by atoms with van der Waals surface area (Å²) in [5.41, 5.74) is -1.38. The summed E-state index contributed by atoms with van der Waals surface area (Å²) in [6.45, 7) is 2.31. The highest BCUT2D eigenvalue weighted by molar-refractivity contribution is 7.92. The number of hydrogen-bond acceptors (Lipinski definition) is 4. The number of rotatable bonds is 10. The first-order valence-corrected chi connectivity index (χ1v) is 12.6. The van der Waals surface area contributed by atoms with Crippen molar-refractivity contribution in [2.45, 2.75) is 39.0 Å². The van der Waals surface area contributed by atoms with Crippen LogP contribution in [0, 0.1) is 5.82 Å². The summed E-state index contributed by atoms with van der Waals surface area (Å²) in [5.74, 6) is -2.07. The van der Waals surface area contributed by atoms with Gasteiger partial charge in [0.2, 0.25) is 21.8 Å². The summed E-state index contributed by atoms with van der Waals surface area (Å²) in [5, 5.41) is 2.62. The maximum absolute atomic E-state index is 14.3. The molecule has 2 aromatic carbocycles. The van der Waals surface area contributed by atoms with Crippen LogP contribution in [0.2, 0.25) is 0 Å². The molecule has 0 unspecified atom stereocenters. The third-order valence-electron chi connectivity index (χ3n) is 5.16. The lowest BCUT2D eigenvalue weighted by molar-refractivity contribution is -0.139. The Labute approximate surface area is 201 Å². The molecule has 35 heavy (non-hydrogen) atoms. The van der Waals surface area contributed by atoms with Crippen molar-refractivity contribution in [3.8, 4) is 0 Å². The van der Waals surface area contributed by atoms with Gasteiger partial charge in [0.1, 0.15) is 18.4 Å². The molecular formula is C23H27F4N3O4S. The Morgan fingerprint density at radius 2 is 1.74 bits per heavy atom. The van der Waals surface area contributed by atoms with E-state index in [1.807, 2.05) is 6.92 Å². The second kappa shape index (κ2) is 11.5. The molecule has 0 heterocycles. The summed E-state index contributed by atoms with van der Waals surface area (Å²) in [6, 6.07) is 8.00. The third kappa shape index (κ3) is 7.67. The first-order valence-electron chi connectivity index (χ1n) is 10.7. The number of amides is 2. The molecule has 7 nitrogen and oxygen atoms in total. The van der Waals surface area contributed by atoms with Crippen molar-refractivity contribution in [1.29, 1.82) is 0 Å². The van der Waals surface area contributed by atoms with Gasteiger partial charge >= 0.3 is 6.18 Å². The van der Waals surface area contributed by atoms with Gasteiger partial charge in [0.25, 0.3) is 0 Å². The van der Waals surface area contributed by atoms with Gasteiger partial charge in [0.15, 0.2) is 0 Å². The number of alkyl halides is 3. The van der Waals surface area contributed by atoms with Crippen LogP contribution in [0.4, 0.5) is 23.2 Å². The number of anilines is 1. The first-order chi connectivity index (χ1) is 16.3. The largest absolute Gasteiger partial charge is 0.416 e. The van der Waals surface area contributed by atoms with Gasteiger partial charge in [-0.05, 0) is 37.6 Å². The van der Waals surface area contributed by atoms with Crippen LogP contribution in [-0.2, 0) is 32.3 Å². The number of sulfonamides is 1. The number of carbonyl (C=O) groups excluding carboxylic acids is 2. The quantitative estimate of drug-likeness (QED) is 0.489. The van der Waals surface area contributed by atoms with Gasteiger partial charge in [0.05, 0.1) is 17.5 Å². The van der Waals surface area contributed by atoms with Crippen LogP contribution in [0.5, 0.6) is 0 Å². The summed E-state index contributed by atoms with van der Waals surface area (Å²) in [7, 11) is -4.21. The molecule has 0 aliphatic heterocycles. The van der Waals surface area contributed by atoms with E-state index in [1.165, 1.54) is 31.2 Å². The van der Waals surface area contributed by atoms with Crippen molar-refractivity contribution in [3.63, 3.8) is 0 Å². The van der Waals surface area contributed by atoms with Crippen molar-refractivity contribution < 1.29 is 35.6 Å². The Morgan fingerprint density at radius 1 is 1.09 bits per heavy atom. The fourth-order valence-corrected chi connectivity index (χ4v) is 4.08. The highest BCUT2D eigenvalue weighted by atomic mass is 32.2. The number of nitrogens with one attached hydrogen (secondary N) is 1. The van der Waals surface area contributed by atoms with Gasteiger partial charge in [-0.3, -0.25) is 13.9 Å². The van der Waals surface area contributed by atoms with Crippen molar-refractivity contribution in [3.05, 3.63) is 65.5 Å². The molecule has 0 fully saturated rings. The van der Waals surface area contributed by atoms with E-state index in [1.54, 1.807) is 0 Å². The number of carbonyl (C=O) groups is 2. The SMILES string of the molecule is CCCNC(=O)[C@@H](C)N(Cc1ccccc1F)C(=O)CN(c1cccc(C(F)(F)F)c1)S(C)(=O)=O. The highest BCUT2D eigenvalue weighted by Crippen LogP contribution is 2.32. The normalized spacial score (nSPS) is 12.7. The van der Waals surface area contributed by atoms with Gasteiger partial charge in [-0.25, -0.2) is 12.8 Å². The van der Waals surface area contributed by atoms with Crippen molar-refractivity contribution in [2.24, 2.45) is 0 Å². The molecule has 0 aliphatic rings. The lowest BCUT2D eigenvalue weighted by Gasteiger charge is -2.31. The van der Waals surface area contributed by atoms with E-state index in [0.29, 0.717) is 23.3 Å². The first kappa shape index (κ1) is 28.1. The standard InChI is InChI=1S/C23H27F4N3O4S/c1-4-12-28-22(32)16(2)29(14-17-8-5-6-11-20(17)24)21(31)15-30(35(3,33)34)19-10-7-9-18(13-19)23(25,26)27/h5-11,13,16H,4,12,14-15H2,1-3H3,(H,28,32)/t16-/m1/s1. The van der Waals surface area contributed by atoms with E-state index in [0.717, 1.165) is 29.4 Å². The summed E-state index contributed by atoms with van der Waals surface area (Å²) in [4.78, 5) is 26.9. The van der Waals surface area contributed by atoms with E-state index < -0.39 is 52.0 Å². The average Bonchev–Trinajstić information content (AvgIpc) is 2.78. The Morgan fingerprint density at radius 3 is 2.31 bits per heavy atom. The molecule has 12 heteroatoms. The molecule has 2 amide bonds. The van der Waals surface area contributed by atoms with Crippen LogP contribution in [0.1, 0.15) is 31.4 Å². The second-order valence-corrected chi connectivity index (χ2v) is 9.80. The monoisotopic (exact) mass is 517 g/mol. The van der Waals surface area contributed by atoms with Crippen LogP contribution in [0.15, 0.2) is 48.5 Å². The minimum Gasteiger partial charge on any atom is -0.354 e. The minimum absolute atomic E-state index is 0.0842. The summed E-state index contributed by atoms with van der Waals surface area (Å²) in [6.07, 6.45) is -3.36. The van der Waals surface area contributed by atoms with Crippen molar-refractivity contribution in [2.75, 3.05) is 23.7 Å². The maximum Gasteiger partial charge on any atom is 0.416 e.